The zero-order valence-electron chi connectivity index (χ0n) is 13.3. The predicted octanol–water partition coefficient (Wildman–Crippen LogP) is 1.29. The number of thiazole rings is 1. The summed E-state index contributed by atoms with van der Waals surface area (Å²) in [6.45, 7) is 3.02. The Bertz CT molecular complexity index is 721. The summed E-state index contributed by atoms with van der Waals surface area (Å²) >= 11 is 1.51. The van der Waals surface area contributed by atoms with Crippen molar-refractivity contribution in [1.29, 1.82) is 0 Å². The topological polar surface area (TPSA) is 78.3 Å². The predicted molar refractivity (Wildman–Crippen MR) is 89.5 cm³/mol. The van der Waals surface area contributed by atoms with Crippen molar-refractivity contribution >= 4 is 23.1 Å². The molecule has 1 amide bonds. The number of aliphatic hydroxyl groups is 1. The molecule has 1 fully saturated rings. The van der Waals surface area contributed by atoms with E-state index in [1.807, 2.05) is 17.2 Å². The molecule has 2 aromatic heterocycles. The Labute approximate surface area is 143 Å². The molecule has 0 unspecified atom stereocenters. The van der Waals surface area contributed by atoms with Gasteiger partial charge < -0.3 is 15.3 Å². The van der Waals surface area contributed by atoms with Gasteiger partial charge in [-0.05, 0) is 25.5 Å². The van der Waals surface area contributed by atoms with E-state index >= 15 is 0 Å². The number of β-amino-alcohol motifs (C(OH)–C–C–N with tert-alkyl or cyclic N) is 1. The van der Waals surface area contributed by atoms with Gasteiger partial charge in [0.15, 0.2) is 0 Å². The number of halogens is 1. The van der Waals surface area contributed by atoms with Crippen LogP contribution in [0.1, 0.15) is 17.1 Å². The molecule has 2 N–H and O–H groups in total. The zero-order valence-corrected chi connectivity index (χ0v) is 14.1. The molecular formula is C16H19FN4O2S. The van der Waals surface area contributed by atoms with Gasteiger partial charge in [-0.2, -0.15) is 0 Å². The number of rotatable bonds is 5. The van der Waals surface area contributed by atoms with Gasteiger partial charge >= 0.3 is 0 Å². The molecule has 2 aromatic rings. The highest BCUT2D eigenvalue weighted by Crippen LogP contribution is 2.25. The molecule has 3 heterocycles. The molecule has 24 heavy (non-hydrogen) atoms. The van der Waals surface area contributed by atoms with E-state index in [2.05, 4.69) is 15.3 Å². The van der Waals surface area contributed by atoms with Gasteiger partial charge in [0.1, 0.15) is 17.2 Å². The van der Waals surface area contributed by atoms with Crippen LogP contribution in [0.4, 0.5) is 10.2 Å². The zero-order chi connectivity index (χ0) is 17.2. The van der Waals surface area contributed by atoms with E-state index in [9.17, 15) is 14.3 Å². The Kier molecular flexibility index (Phi) is 4.77. The summed E-state index contributed by atoms with van der Waals surface area (Å²) in [5, 5.41) is 16.2. The maximum Gasteiger partial charge on any atom is 0.226 e. The molecule has 1 aliphatic rings. The van der Waals surface area contributed by atoms with Crippen LogP contribution in [0.15, 0.2) is 23.7 Å². The van der Waals surface area contributed by atoms with Crippen LogP contribution in [-0.4, -0.2) is 46.2 Å². The molecule has 0 spiro atoms. The molecule has 0 radical (unpaired) electrons. The molecule has 3 rings (SSSR count). The summed E-state index contributed by atoms with van der Waals surface area (Å²) in [5.74, 6) is 0.0708. The summed E-state index contributed by atoms with van der Waals surface area (Å²) in [6, 6.07) is 2.93. The van der Waals surface area contributed by atoms with Crippen LogP contribution in [0.25, 0.3) is 0 Å². The third kappa shape index (κ3) is 4.07. The minimum atomic E-state index is -1.01. The van der Waals surface area contributed by atoms with Gasteiger partial charge in [0, 0.05) is 25.0 Å². The van der Waals surface area contributed by atoms with E-state index in [1.165, 1.54) is 17.4 Å². The van der Waals surface area contributed by atoms with Crippen LogP contribution in [0.2, 0.25) is 0 Å². The van der Waals surface area contributed by atoms with Gasteiger partial charge in [-0.1, -0.05) is 0 Å². The molecule has 0 saturated carbocycles. The average molecular weight is 350 g/mol. The van der Waals surface area contributed by atoms with Gasteiger partial charge in [-0.15, -0.1) is 11.3 Å². The lowest BCUT2D eigenvalue weighted by Gasteiger charge is -2.24. The first kappa shape index (κ1) is 16.8. The smallest absolute Gasteiger partial charge is 0.226 e. The number of nitrogens with zero attached hydrogens (tertiary/aromatic N) is 3. The number of aryl methyl sites for hydroxylation is 1. The number of pyridine rings is 1. The van der Waals surface area contributed by atoms with E-state index in [1.54, 1.807) is 6.07 Å². The van der Waals surface area contributed by atoms with Crippen LogP contribution in [-0.2, 0) is 11.2 Å². The van der Waals surface area contributed by atoms with E-state index in [-0.39, 0.29) is 18.9 Å². The molecule has 8 heteroatoms. The fraction of sp³-hybridized carbons (Fsp3) is 0.438. The van der Waals surface area contributed by atoms with Crippen LogP contribution in [0.5, 0.6) is 0 Å². The third-order valence-corrected chi connectivity index (χ3v) is 4.81. The molecule has 1 atom stereocenters. The van der Waals surface area contributed by atoms with E-state index in [0.29, 0.717) is 25.3 Å². The molecule has 1 saturated heterocycles. The summed E-state index contributed by atoms with van der Waals surface area (Å²) < 4.78 is 12.9. The highest BCUT2D eigenvalue weighted by atomic mass is 32.1. The summed E-state index contributed by atoms with van der Waals surface area (Å²) in [5.41, 5.74) is -0.269. The Morgan fingerprint density at radius 3 is 3.04 bits per heavy atom. The Morgan fingerprint density at radius 2 is 2.38 bits per heavy atom. The van der Waals surface area contributed by atoms with Gasteiger partial charge in [0.05, 0.1) is 23.3 Å². The van der Waals surface area contributed by atoms with E-state index in [4.69, 9.17) is 0 Å². The second-order valence-electron chi connectivity index (χ2n) is 6.04. The lowest BCUT2D eigenvalue weighted by Crippen LogP contribution is -2.45. The van der Waals surface area contributed by atoms with Crippen LogP contribution in [0, 0.1) is 12.7 Å². The largest absolute Gasteiger partial charge is 0.386 e. The Balaban J connectivity index is 1.51. The first-order valence-electron chi connectivity index (χ1n) is 7.70. The van der Waals surface area contributed by atoms with Gasteiger partial charge in [0.25, 0.3) is 0 Å². The molecule has 0 aromatic carbocycles. The number of hydrogen-bond acceptors (Lipinski definition) is 6. The fourth-order valence-electron chi connectivity index (χ4n) is 2.73. The number of hydrogen-bond donors (Lipinski definition) is 2. The van der Waals surface area contributed by atoms with Gasteiger partial charge in [0.2, 0.25) is 5.91 Å². The van der Waals surface area contributed by atoms with Crippen molar-refractivity contribution in [3.05, 3.63) is 40.2 Å². The molecule has 0 bridgehead atoms. The molecular weight excluding hydrogens is 331 g/mol. The van der Waals surface area contributed by atoms with E-state index < -0.39 is 11.4 Å². The number of aromatic nitrogens is 2. The van der Waals surface area contributed by atoms with Crippen molar-refractivity contribution in [2.75, 3.05) is 24.5 Å². The number of carbonyl (C=O) groups excluding carboxylic acids is 1. The van der Waals surface area contributed by atoms with Crippen molar-refractivity contribution in [2.45, 2.75) is 25.4 Å². The Hall–Kier alpha value is -2.06. The van der Waals surface area contributed by atoms with Gasteiger partial charge in [-0.3, -0.25) is 4.79 Å². The number of carbonyl (C=O) groups is 1. The van der Waals surface area contributed by atoms with Crippen LogP contribution >= 0.6 is 11.3 Å². The monoisotopic (exact) mass is 350 g/mol. The lowest BCUT2D eigenvalue weighted by atomic mass is 10.0. The third-order valence-electron chi connectivity index (χ3n) is 3.99. The SMILES string of the molecule is Cc1nc(CC(=O)NC[C@]2(O)CCN(c3ccc(F)cn3)C2)cs1. The fourth-order valence-corrected chi connectivity index (χ4v) is 3.34. The highest BCUT2D eigenvalue weighted by molar-refractivity contribution is 7.09. The minimum absolute atomic E-state index is 0.160. The highest BCUT2D eigenvalue weighted by Gasteiger charge is 2.36. The second kappa shape index (κ2) is 6.82. The summed E-state index contributed by atoms with van der Waals surface area (Å²) in [4.78, 5) is 22.1. The minimum Gasteiger partial charge on any atom is -0.386 e. The molecule has 0 aliphatic carbocycles. The number of nitrogens with one attached hydrogen (secondary N) is 1. The average Bonchev–Trinajstić information content (AvgIpc) is 3.13. The maximum atomic E-state index is 12.9. The summed E-state index contributed by atoms with van der Waals surface area (Å²) in [6.07, 6.45) is 1.89. The van der Waals surface area contributed by atoms with Crippen molar-refractivity contribution in [1.82, 2.24) is 15.3 Å². The maximum absolute atomic E-state index is 12.9. The Morgan fingerprint density at radius 1 is 1.54 bits per heavy atom. The van der Waals surface area contributed by atoms with Crippen molar-refractivity contribution in [3.8, 4) is 0 Å². The first-order valence-corrected chi connectivity index (χ1v) is 8.58. The lowest BCUT2D eigenvalue weighted by molar-refractivity contribution is -0.121. The number of anilines is 1. The van der Waals surface area contributed by atoms with Crippen LogP contribution in [0.3, 0.4) is 0 Å². The normalized spacial score (nSPS) is 20.4. The van der Waals surface area contributed by atoms with Crippen molar-refractivity contribution < 1.29 is 14.3 Å². The molecule has 6 nitrogen and oxygen atoms in total. The van der Waals surface area contributed by atoms with Crippen molar-refractivity contribution in [3.63, 3.8) is 0 Å². The second-order valence-corrected chi connectivity index (χ2v) is 7.10. The molecule has 128 valence electrons. The first-order chi connectivity index (χ1) is 11.4. The standard InChI is InChI=1S/C16H19FN4O2S/c1-11-20-13(8-24-11)6-15(22)19-9-16(23)4-5-21(10-16)14-3-2-12(17)7-18-14/h2-3,7-8,23H,4-6,9-10H2,1H3,(H,19,22)/t16-/m1/s1. The van der Waals surface area contributed by atoms with Crippen molar-refractivity contribution in [2.24, 2.45) is 0 Å². The van der Waals surface area contributed by atoms with Crippen LogP contribution < -0.4 is 10.2 Å². The number of amides is 1. The van der Waals surface area contributed by atoms with Gasteiger partial charge in [-0.25, -0.2) is 14.4 Å². The summed E-state index contributed by atoms with van der Waals surface area (Å²) in [7, 11) is 0. The van der Waals surface area contributed by atoms with E-state index in [0.717, 1.165) is 16.9 Å². The quantitative estimate of drug-likeness (QED) is 0.849. The molecule has 1 aliphatic heterocycles.